The Morgan fingerprint density at radius 3 is 2.70 bits per heavy atom. The third-order valence-corrected chi connectivity index (χ3v) is 5.09. The van der Waals surface area contributed by atoms with E-state index < -0.39 is 5.56 Å². The molecule has 23 heavy (non-hydrogen) atoms. The number of aromatic amines is 1. The number of methoxy groups -OCH3 is 1. The van der Waals surface area contributed by atoms with Crippen molar-refractivity contribution in [3.8, 4) is 0 Å². The number of thioether (sulfide) groups is 1. The molecule has 2 aromatic heterocycles. The van der Waals surface area contributed by atoms with Crippen molar-refractivity contribution in [3.63, 3.8) is 0 Å². The van der Waals surface area contributed by atoms with Gasteiger partial charge in [-0.3, -0.25) is 14.3 Å². The Morgan fingerprint density at radius 1 is 1.26 bits per heavy atom. The van der Waals surface area contributed by atoms with Crippen molar-refractivity contribution in [3.05, 3.63) is 26.7 Å². The molecular formula is C15H18N4O3S. The zero-order valence-corrected chi connectivity index (χ0v) is 13.7. The normalized spacial score (nSPS) is 17.8. The molecule has 1 N–H and O–H groups in total. The SMILES string of the molecule is COCCSc1nc(C2CC2)nc2c1c(=O)[nH]c(=O)n2C1CC1. The van der Waals surface area contributed by atoms with Crippen LogP contribution in [-0.4, -0.2) is 39.0 Å². The minimum atomic E-state index is -0.399. The van der Waals surface area contributed by atoms with Crippen molar-refractivity contribution in [2.24, 2.45) is 0 Å². The molecule has 0 radical (unpaired) electrons. The number of hydrogen-bond acceptors (Lipinski definition) is 6. The van der Waals surface area contributed by atoms with E-state index in [9.17, 15) is 9.59 Å². The van der Waals surface area contributed by atoms with Crippen LogP contribution in [0.1, 0.15) is 43.5 Å². The Bertz CT molecular complexity index is 867. The fourth-order valence-electron chi connectivity index (χ4n) is 2.66. The topological polar surface area (TPSA) is 89.9 Å². The van der Waals surface area contributed by atoms with Gasteiger partial charge in [-0.15, -0.1) is 11.8 Å². The number of ether oxygens (including phenoxy) is 1. The van der Waals surface area contributed by atoms with Crippen LogP contribution in [0, 0.1) is 0 Å². The third-order valence-electron chi connectivity index (χ3n) is 4.15. The second kappa shape index (κ2) is 5.76. The lowest BCUT2D eigenvalue weighted by molar-refractivity contribution is 0.218. The smallest absolute Gasteiger partial charge is 0.330 e. The molecule has 0 amide bonds. The molecule has 0 aliphatic heterocycles. The highest BCUT2D eigenvalue weighted by Gasteiger charge is 2.32. The highest BCUT2D eigenvalue weighted by Crippen LogP contribution is 2.40. The van der Waals surface area contributed by atoms with Gasteiger partial charge in [0.2, 0.25) is 0 Å². The predicted octanol–water partition coefficient (Wildman–Crippen LogP) is 1.43. The highest BCUT2D eigenvalue weighted by atomic mass is 32.2. The number of hydrogen-bond donors (Lipinski definition) is 1. The van der Waals surface area contributed by atoms with E-state index in [0.29, 0.717) is 34.3 Å². The number of fused-ring (bicyclic) bond motifs is 1. The summed E-state index contributed by atoms with van der Waals surface area (Å²) in [6, 6.07) is 0.153. The van der Waals surface area contributed by atoms with E-state index in [0.717, 1.165) is 31.5 Å². The van der Waals surface area contributed by atoms with E-state index >= 15 is 0 Å². The van der Waals surface area contributed by atoms with Crippen LogP contribution in [0.25, 0.3) is 11.0 Å². The van der Waals surface area contributed by atoms with Crippen LogP contribution < -0.4 is 11.2 Å². The zero-order chi connectivity index (χ0) is 16.0. The van der Waals surface area contributed by atoms with E-state index in [-0.39, 0.29) is 11.7 Å². The van der Waals surface area contributed by atoms with Crippen LogP contribution in [0.4, 0.5) is 0 Å². The maximum Gasteiger partial charge on any atom is 0.330 e. The molecule has 2 saturated carbocycles. The van der Waals surface area contributed by atoms with Crippen molar-refractivity contribution in [2.75, 3.05) is 19.5 Å². The Labute approximate surface area is 136 Å². The molecule has 8 heteroatoms. The third kappa shape index (κ3) is 2.81. The highest BCUT2D eigenvalue weighted by molar-refractivity contribution is 7.99. The Hall–Kier alpha value is -1.67. The average molecular weight is 334 g/mol. The number of aromatic nitrogens is 4. The van der Waals surface area contributed by atoms with Crippen LogP contribution in [0.5, 0.6) is 0 Å². The molecule has 0 aromatic carbocycles. The molecule has 7 nitrogen and oxygen atoms in total. The quantitative estimate of drug-likeness (QED) is 0.488. The largest absolute Gasteiger partial charge is 0.384 e. The van der Waals surface area contributed by atoms with E-state index in [1.807, 2.05) is 0 Å². The summed E-state index contributed by atoms with van der Waals surface area (Å²) >= 11 is 1.48. The summed E-state index contributed by atoms with van der Waals surface area (Å²) in [7, 11) is 1.64. The van der Waals surface area contributed by atoms with Gasteiger partial charge in [-0.05, 0) is 25.7 Å². The molecular weight excluding hydrogens is 316 g/mol. The van der Waals surface area contributed by atoms with Gasteiger partial charge in [0.1, 0.15) is 16.2 Å². The lowest BCUT2D eigenvalue weighted by Crippen LogP contribution is -2.31. The van der Waals surface area contributed by atoms with Gasteiger partial charge in [-0.1, -0.05) is 0 Å². The summed E-state index contributed by atoms with van der Waals surface area (Å²) in [5, 5.41) is 1.09. The van der Waals surface area contributed by atoms with Crippen LogP contribution in [0.2, 0.25) is 0 Å². The number of nitrogens with one attached hydrogen (secondary N) is 1. The molecule has 2 fully saturated rings. The summed E-state index contributed by atoms with van der Waals surface area (Å²) < 4.78 is 6.73. The lowest BCUT2D eigenvalue weighted by Gasteiger charge is -2.11. The zero-order valence-electron chi connectivity index (χ0n) is 12.9. The van der Waals surface area contributed by atoms with Crippen molar-refractivity contribution >= 4 is 22.8 Å². The fraction of sp³-hybridized carbons (Fsp3) is 0.600. The first-order valence-corrected chi connectivity index (χ1v) is 8.86. The molecule has 2 heterocycles. The monoisotopic (exact) mass is 334 g/mol. The van der Waals surface area contributed by atoms with Crippen molar-refractivity contribution < 1.29 is 4.74 Å². The fourth-order valence-corrected chi connectivity index (χ4v) is 3.59. The minimum Gasteiger partial charge on any atom is -0.384 e. The first-order chi connectivity index (χ1) is 11.2. The maximum absolute atomic E-state index is 12.4. The van der Waals surface area contributed by atoms with Crippen molar-refractivity contribution in [2.45, 2.75) is 42.7 Å². The van der Waals surface area contributed by atoms with Gasteiger partial charge in [0.25, 0.3) is 5.56 Å². The first-order valence-electron chi connectivity index (χ1n) is 7.87. The molecule has 2 aromatic rings. The summed E-state index contributed by atoms with van der Waals surface area (Å²) in [6.07, 6.45) is 4.06. The van der Waals surface area contributed by atoms with Crippen LogP contribution in [0.3, 0.4) is 0 Å². The Morgan fingerprint density at radius 2 is 2.04 bits per heavy atom. The van der Waals surface area contributed by atoms with Crippen molar-refractivity contribution in [1.82, 2.24) is 19.5 Å². The van der Waals surface area contributed by atoms with Gasteiger partial charge < -0.3 is 4.74 Å². The molecule has 0 atom stereocenters. The molecule has 122 valence electrons. The van der Waals surface area contributed by atoms with Crippen LogP contribution >= 0.6 is 11.8 Å². The average Bonchev–Trinajstić information content (AvgIpc) is 3.38. The first kappa shape index (κ1) is 14.9. The Kier molecular flexibility index (Phi) is 3.73. The molecule has 2 aliphatic carbocycles. The summed E-state index contributed by atoms with van der Waals surface area (Å²) in [6.45, 7) is 0.578. The van der Waals surface area contributed by atoms with E-state index in [1.54, 1.807) is 11.7 Å². The predicted molar refractivity (Wildman–Crippen MR) is 87.3 cm³/mol. The van der Waals surface area contributed by atoms with Crippen LogP contribution in [-0.2, 0) is 4.74 Å². The molecule has 0 spiro atoms. The van der Waals surface area contributed by atoms with E-state index in [1.165, 1.54) is 11.8 Å². The number of nitrogens with zero attached hydrogens (tertiary/aromatic N) is 3. The number of H-pyrrole nitrogens is 1. The summed E-state index contributed by atoms with van der Waals surface area (Å²) in [5.41, 5.74) is -0.263. The van der Waals surface area contributed by atoms with E-state index in [2.05, 4.69) is 15.0 Å². The van der Waals surface area contributed by atoms with Gasteiger partial charge in [0.15, 0.2) is 5.65 Å². The van der Waals surface area contributed by atoms with Gasteiger partial charge in [0, 0.05) is 24.8 Å². The van der Waals surface area contributed by atoms with Crippen LogP contribution in [0.15, 0.2) is 14.6 Å². The van der Waals surface area contributed by atoms with Gasteiger partial charge in [0.05, 0.1) is 6.61 Å². The number of rotatable bonds is 6. The summed E-state index contributed by atoms with van der Waals surface area (Å²) in [4.78, 5) is 36.2. The van der Waals surface area contributed by atoms with Gasteiger partial charge in [-0.25, -0.2) is 14.8 Å². The maximum atomic E-state index is 12.4. The molecule has 4 rings (SSSR count). The second-order valence-corrected chi connectivity index (χ2v) is 7.15. The van der Waals surface area contributed by atoms with Gasteiger partial charge in [-0.2, -0.15) is 0 Å². The molecule has 0 bridgehead atoms. The Balaban J connectivity index is 1.93. The minimum absolute atomic E-state index is 0.153. The molecule has 2 aliphatic rings. The van der Waals surface area contributed by atoms with E-state index in [4.69, 9.17) is 4.74 Å². The standard InChI is InChI=1S/C15H18N4O3S/c1-22-6-7-23-14-10-12(16-11(17-14)8-2-3-8)19(9-4-5-9)15(21)18-13(10)20/h8-9H,2-7H2,1H3,(H,18,20,21). The van der Waals surface area contributed by atoms with Crippen molar-refractivity contribution in [1.29, 1.82) is 0 Å². The second-order valence-electron chi connectivity index (χ2n) is 6.06. The molecule has 0 unspecified atom stereocenters. The lowest BCUT2D eigenvalue weighted by atomic mass is 10.3. The van der Waals surface area contributed by atoms with Gasteiger partial charge >= 0.3 is 5.69 Å². The molecule has 0 saturated heterocycles. The summed E-state index contributed by atoms with van der Waals surface area (Å²) in [5.74, 6) is 1.83.